The van der Waals surface area contributed by atoms with Gasteiger partial charge in [0, 0.05) is 37.1 Å². The molecule has 1 N–H and O–H groups in total. The van der Waals surface area contributed by atoms with E-state index in [1.165, 1.54) is 64.2 Å². The predicted octanol–water partition coefficient (Wildman–Crippen LogP) is 7.02. The Kier molecular flexibility index (Phi) is 9.08. The van der Waals surface area contributed by atoms with Gasteiger partial charge in [0.2, 0.25) is 0 Å². The third-order valence-corrected chi connectivity index (χ3v) is 18.8. The maximum atomic E-state index is 13.4. The largest absolute Gasteiger partial charge is 0.616 e. The summed E-state index contributed by atoms with van der Waals surface area (Å²) in [5.41, 5.74) is 1.06. The van der Waals surface area contributed by atoms with Crippen LogP contribution in [0.4, 0.5) is 0 Å². The molecule has 11 unspecified atom stereocenters. The normalized spacial score (nSPS) is 50.2. The van der Waals surface area contributed by atoms with Crippen LogP contribution in [0.2, 0.25) is 0 Å². The summed E-state index contributed by atoms with van der Waals surface area (Å²) in [6, 6.07) is 0.504. The van der Waals surface area contributed by atoms with Crippen LogP contribution >= 0.6 is 0 Å². The first-order chi connectivity index (χ1) is 22.2. The van der Waals surface area contributed by atoms with Gasteiger partial charge in [-0.15, -0.1) is 0 Å². The van der Waals surface area contributed by atoms with Gasteiger partial charge in [-0.2, -0.15) is 0 Å². The number of carbonyl (C=O) groups excluding carboxylic acids is 2. The van der Waals surface area contributed by atoms with E-state index in [-0.39, 0.29) is 29.3 Å². The Morgan fingerprint density at radius 3 is 2.38 bits per heavy atom. The summed E-state index contributed by atoms with van der Waals surface area (Å²) in [4.78, 5) is 27.4. The van der Waals surface area contributed by atoms with Crippen molar-refractivity contribution >= 4 is 23.4 Å². The van der Waals surface area contributed by atoms with Gasteiger partial charge in [0.05, 0.1) is 5.92 Å². The highest BCUT2D eigenvalue weighted by Gasteiger charge is 2.69. The zero-order valence-electron chi connectivity index (χ0n) is 30.8. The molecule has 6 saturated carbocycles. The van der Waals surface area contributed by atoms with E-state index in [9.17, 15) is 14.1 Å². The standard InChI is InChI=1S/C40H66N2O4S/c1-26(42-19-21-47(45)22-20-42)24-41-40-14-8-9-31(40)30-10-11-34-37(5)15-13-33(46-35(44)32-23-28(25-43)36(32,3)4)27(2)29(37)12-16-39(34,7)38(30,6)17-18-40/h25-34,41H,8-24H2,1-7H3/t26?,27?,28?,29?,30?,31-,32?,33?,34?,37?,38-,39?,40?/m1/s1. The highest BCUT2D eigenvalue weighted by atomic mass is 32.2. The van der Waals surface area contributed by atoms with E-state index < -0.39 is 11.2 Å². The third-order valence-electron chi connectivity index (χ3n) is 17.5. The summed E-state index contributed by atoms with van der Waals surface area (Å²) in [6.45, 7) is 20.0. The van der Waals surface area contributed by atoms with Gasteiger partial charge < -0.3 is 19.4 Å². The van der Waals surface area contributed by atoms with E-state index in [1.54, 1.807) is 0 Å². The molecule has 7 fully saturated rings. The van der Waals surface area contributed by atoms with Crippen LogP contribution in [0.5, 0.6) is 0 Å². The Bertz CT molecular complexity index is 1200. The van der Waals surface area contributed by atoms with Crippen molar-refractivity contribution in [2.45, 2.75) is 143 Å². The molecule has 266 valence electrons. The molecule has 0 radical (unpaired) electrons. The summed E-state index contributed by atoms with van der Waals surface area (Å²) in [6.07, 6.45) is 15.9. The van der Waals surface area contributed by atoms with Crippen LogP contribution in [0.15, 0.2) is 0 Å². The Morgan fingerprint density at radius 1 is 0.936 bits per heavy atom. The van der Waals surface area contributed by atoms with E-state index in [0.717, 1.165) is 61.6 Å². The molecule has 7 rings (SSSR count). The van der Waals surface area contributed by atoms with Gasteiger partial charge in [-0.25, -0.2) is 0 Å². The Labute approximate surface area is 289 Å². The van der Waals surface area contributed by atoms with Gasteiger partial charge >= 0.3 is 5.97 Å². The van der Waals surface area contributed by atoms with Crippen LogP contribution in [-0.4, -0.2) is 70.5 Å². The first-order valence-corrected chi connectivity index (χ1v) is 21.2. The molecule has 6 aliphatic carbocycles. The van der Waals surface area contributed by atoms with E-state index in [1.807, 2.05) is 0 Å². The first-order valence-electron chi connectivity index (χ1n) is 19.7. The zero-order chi connectivity index (χ0) is 33.6. The Morgan fingerprint density at radius 2 is 1.68 bits per heavy atom. The topological polar surface area (TPSA) is 81.7 Å². The molecule has 1 heterocycles. The Balaban J connectivity index is 1.03. The second kappa shape index (κ2) is 12.3. The summed E-state index contributed by atoms with van der Waals surface area (Å²) in [5.74, 6) is 4.76. The third kappa shape index (κ3) is 5.26. The lowest BCUT2D eigenvalue weighted by Crippen LogP contribution is -2.68. The van der Waals surface area contributed by atoms with Crippen molar-refractivity contribution in [1.29, 1.82) is 0 Å². The molecule has 47 heavy (non-hydrogen) atoms. The van der Waals surface area contributed by atoms with Crippen molar-refractivity contribution < 1.29 is 18.9 Å². The summed E-state index contributed by atoms with van der Waals surface area (Å²) >= 11 is -0.616. The molecule has 0 spiro atoms. The van der Waals surface area contributed by atoms with Crippen molar-refractivity contribution in [2.24, 2.45) is 63.1 Å². The molecule has 0 bridgehead atoms. The number of esters is 1. The molecule has 0 aromatic carbocycles. The number of fused-ring (bicyclic) bond motifs is 7. The number of ether oxygens (including phenoxy) is 1. The minimum atomic E-state index is -0.616. The molecule has 0 amide bonds. The van der Waals surface area contributed by atoms with Crippen LogP contribution in [0, 0.1) is 63.1 Å². The maximum Gasteiger partial charge on any atom is 0.309 e. The highest BCUT2D eigenvalue weighted by Crippen LogP contribution is 2.75. The number of rotatable bonds is 7. The first kappa shape index (κ1) is 34.8. The molecule has 6 nitrogen and oxygen atoms in total. The van der Waals surface area contributed by atoms with Crippen molar-refractivity contribution in [3.8, 4) is 0 Å². The molecule has 1 aliphatic heterocycles. The smallest absolute Gasteiger partial charge is 0.309 e. The van der Waals surface area contributed by atoms with E-state index in [2.05, 4.69) is 58.7 Å². The van der Waals surface area contributed by atoms with Crippen LogP contribution in [-0.2, 0) is 25.5 Å². The van der Waals surface area contributed by atoms with Crippen LogP contribution in [0.25, 0.3) is 0 Å². The highest BCUT2D eigenvalue weighted by molar-refractivity contribution is 7.91. The van der Waals surface area contributed by atoms with Crippen molar-refractivity contribution in [3.05, 3.63) is 0 Å². The number of nitrogens with one attached hydrogen (secondary N) is 1. The number of hydrogen-bond acceptors (Lipinski definition) is 6. The fourth-order valence-corrected chi connectivity index (χ4v) is 15.1. The number of hydrogen-bond donors (Lipinski definition) is 1. The van der Waals surface area contributed by atoms with Gasteiger partial charge in [-0.3, -0.25) is 9.69 Å². The number of aldehydes is 1. The predicted molar refractivity (Wildman–Crippen MR) is 189 cm³/mol. The second-order valence-electron chi connectivity index (χ2n) is 19.2. The lowest BCUT2D eigenvalue weighted by Gasteiger charge is -2.72. The van der Waals surface area contributed by atoms with Gasteiger partial charge in [0.25, 0.3) is 0 Å². The van der Waals surface area contributed by atoms with Crippen molar-refractivity contribution in [3.63, 3.8) is 0 Å². The fraction of sp³-hybridized carbons (Fsp3) is 0.950. The lowest BCUT2D eigenvalue weighted by atomic mass is 9.34. The molecule has 7 aliphatic rings. The quantitative estimate of drug-likeness (QED) is 0.178. The molecule has 1 saturated heterocycles. The van der Waals surface area contributed by atoms with E-state index in [4.69, 9.17) is 4.74 Å². The second-order valence-corrected chi connectivity index (χ2v) is 20.9. The van der Waals surface area contributed by atoms with Crippen molar-refractivity contribution in [2.75, 3.05) is 31.1 Å². The van der Waals surface area contributed by atoms with Crippen LogP contribution in [0.1, 0.15) is 126 Å². The Hall–Kier alpha value is -0.630. The van der Waals surface area contributed by atoms with Gasteiger partial charge in [-0.05, 0) is 129 Å². The minimum absolute atomic E-state index is 0.0114. The molecule has 0 aromatic rings. The average Bonchev–Trinajstić information content (AvgIpc) is 3.46. The number of carbonyl (C=O) groups is 2. The van der Waals surface area contributed by atoms with Gasteiger partial charge in [0.15, 0.2) is 0 Å². The SMILES string of the molecule is CC1C(OC(=O)C2CC(C=O)C2(C)C)CCC2(C)C1CCC1(C)C2CCC2[C@H]3CCCC3(NCC(C)N3CC[S+]([O-])CC3)CC[C@]21C. The summed E-state index contributed by atoms with van der Waals surface area (Å²) < 4.78 is 18.3. The van der Waals surface area contributed by atoms with Crippen molar-refractivity contribution in [1.82, 2.24) is 10.2 Å². The van der Waals surface area contributed by atoms with Gasteiger partial charge in [0.1, 0.15) is 23.9 Å². The lowest BCUT2D eigenvalue weighted by molar-refractivity contribution is -0.232. The van der Waals surface area contributed by atoms with Gasteiger partial charge in [-0.1, -0.05) is 59.1 Å². The monoisotopic (exact) mass is 670 g/mol. The average molecular weight is 671 g/mol. The minimum Gasteiger partial charge on any atom is -0.616 e. The van der Waals surface area contributed by atoms with E-state index >= 15 is 0 Å². The number of nitrogens with zero attached hydrogens (tertiary/aromatic N) is 1. The molecule has 0 aromatic heterocycles. The fourth-order valence-electron chi connectivity index (χ4n) is 14.0. The molecular formula is C40H66N2O4S. The molecule has 13 atom stereocenters. The molecule has 7 heteroatoms. The van der Waals surface area contributed by atoms with E-state index in [0.29, 0.717) is 46.1 Å². The van der Waals surface area contributed by atoms with Crippen LogP contribution in [0.3, 0.4) is 0 Å². The summed E-state index contributed by atoms with van der Waals surface area (Å²) in [7, 11) is 0. The maximum absolute atomic E-state index is 13.4. The zero-order valence-corrected chi connectivity index (χ0v) is 31.6. The van der Waals surface area contributed by atoms with Crippen LogP contribution < -0.4 is 5.32 Å². The molecular weight excluding hydrogens is 605 g/mol. The summed E-state index contributed by atoms with van der Waals surface area (Å²) in [5, 5.41) is 4.27.